The molecule has 3 fully saturated rings. The van der Waals surface area contributed by atoms with Gasteiger partial charge in [-0.05, 0) is 74.1 Å². The fourth-order valence-corrected chi connectivity index (χ4v) is 9.14. The van der Waals surface area contributed by atoms with Crippen LogP contribution in [-0.2, 0) is 29.7 Å². The zero-order valence-electron chi connectivity index (χ0n) is 34.2. The van der Waals surface area contributed by atoms with E-state index in [0.717, 1.165) is 68.7 Å². The Hall–Kier alpha value is -5.74. The number of halogens is 2. The Morgan fingerprint density at radius 1 is 0.900 bits per heavy atom. The van der Waals surface area contributed by atoms with E-state index >= 15 is 8.78 Å². The van der Waals surface area contributed by atoms with Crippen molar-refractivity contribution in [2.24, 2.45) is 18.9 Å². The van der Waals surface area contributed by atoms with Crippen molar-refractivity contribution in [1.82, 2.24) is 39.4 Å². The van der Waals surface area contributed by atoms with Crippen molar-refractivity contribution >= 4 is 40.4 Å². The molecule has 0 unspecified atom stereocenters. The Balaban J connectivity index is 0.828. The quantitative estimate of drug-likeness (QED) is 0.218. The minimum atomic E-state index is -1.00. The lowest BCUT2D eigenvalue weighted by Crippen LogP contribution is -2.54. The normalized spacial score (nSPS) is 21.0. The summed E-state index contributed by atoms with van der Waals surface area (Å²) in [5.41, 5.74) is 5.77. The first kappa shape index (κ1) is 39.7. The van der Waals surface area contributed by atoms with Gasteiger partial charge in [-0.2, -0.15) is 5.10 Å². The Morgan fingerprint density at radius 3 is 2.43 bits per heavy atom. The predicted octanol–water partition coefficient (Wildman–Crippen LogP) is 5.25. The fourth-order valence-electron chi connectivity index (χ4n) is 9.14. The topological polar surface area (TPSA) is 143 Å². The van der Waals surface area contributed by atoms with E-state index in [1.165, 1.54) is 17.7 Å². The van der Waals surface area contributed by atoms with Crippen LogP contribution >= 0.6 is 0 Å². The number of rotatable bonds is 6. The second-order valence-corrected chi connectivity index (χ2v) is 17.0. The summed E-state index contributed by atoms with van der Waals surface area (Å²) in [5, 5.41) is 9.72. The van der Waals surface area contributed by atoms with E-state index in [9.17, 15) is 14.4 Å². The highest BCUT2D eigenvalue weighted by atomic mass is 19.1. The molecule has 60 heavy (non-hydrogen) atoms. The summed E-state index contributed by atoms with van der Waals surface area (Å²) in [7, 11) is 1.84. The molecular formula is C44H50F2N10O4. The number of fused-ring (bicyclic) bond motifs is 7. The highest BCUT2D eigenvalue weighted by molar-refractivity contribution is 6.05. The van der Waals surface area contributed by atoms with Gasteiger partial charge in [-0.3, -0.25) is 34.9 Å². The Bertz CT molecular complexity index is 2450. The summed E-state index contributed by atoms with van der Waals surface area (Å²) in [6, 6.07) is 12.6. The van der Waals surface area contributed by atoms with Crippen molar-refractivity contribution in [3.05, 3.63) is 82.7 Å². The third kappa shape index (κ3) is 8.09. The Labute approximate surface area is 346 Å². The number of hydrogen-bond donors (Lipinski definition) is 2. The van der Waals surface area contributed by atoms with Gasteiger partial charge in [0, 0.05) is 101 Å². The number of carbonyl (C=O) groups excluding carboxylic acids is 3. The van der Waals surface area contributed by atoms with Gasteiger partial charge in [-0.1, -0.05) is 13.0 Å². The maximum atomic E-state index is 15.1. The minimum absolute atomic E-state index is 0.0607. The number of carbonyl (C=O) groups is 3. The van der Waals surface area contributed by atoms with Gasteiger partial charge < -0.3 is 19.1 Å². The van der Waals surface area contributed by atoms with Crippen molar-refractivity contribution in [1.29, 1.82) is 0 Å². The monoisotopic (exact) mass is 820 g/mol. The predicted molar refractivity (Wildman–Crippen MR) is 222 cm³/mol. The van der Waals surface area contributed by atoms with Gasteiger partial charge in [0.25, 0.3) is 5.91 Å². The second-order valence-electron chi connectivity index (χ2n) is 17.0. The molecule has 2 atom stereocenters. The van der Waals surface area contributed by atoms with Crippen molar-refractivity contribution in [2.45, 2.75) is 58.5 Å². The number of ether oxygens (including phenoxy) is 1. The van der Waals surface area contributed by atoms with E-state index < -0.39 is 29.4 Å². The molecule has 2 N–H and O–H groups in total. The molecule has 0 spiro atoms. The first-order chi connectivity index (χ1) is 28.9. The summed E-state index contributed by atoms with van der Waals surface area (Å²) in [5.74, 6) is -2.01. The van der Waals surface area contributed by atoms with Crippen molar-refractivity contribution in [3.63, 3.8) is 0 Å². The van der Waals surface area contributed by atoms with Crippen LogP contribution < -0.4 is 20.3 Å². The van der Waals surface area contributed by atoms with Crippen LogP contribution in [0, 0.1) is 30.4 Å². The smallest absolute Gasteiger partial charge is 0.258 e. The molecule has 2 aromatic carbocycles. The maximum absolute atomic E-state index is 15.1. The number of imide groups is 1. The number of piperazine rings is 1. The fraction of sp³-hybridized carbons (Fsp3) is 0.455. The molecule has 3 amide bonds. The highest BCUT2D eigenvalue weighted by Gasteiger charge is 2.35. The summed E-state index contributed by atoms with van der Waals surface area (Å²) in [6.07, 6.45) is 3.66. The number of amides is 3. The molecule has 4 aliphatic rings. The summed E-state index contributed by atoms with van der Waals surface area (Å²) >= 11 is 0. The third-order valence-corrected chi connectivity index (χ3v) is 12.3. The lowest BCUT2D eigenvalue weighted by molar-refractivity contribution is -0.134. The lowest BCUT2D eigenvalue weighted by atomic mass is 9.89. The first-order valence-electron chi connectivity index (χ1n) is 20.9. The number of anilines is 2. The van der Waals surface area contributed by atoms with Crippen molar-refractivity contribution in [3.8, 4) is 17.1 Å². The second kappa shape index (κ2) is 16.4. The minimum Gasteiger partial charge on any atom is -0.477 e. The Kier molecular flexibility index (Phi) is 10.8. The largest absolute Gasteiger partial charge is 0.477 e. The van der Waals surface area contributed by atoms with E-state index in [2.05, 4.69) is 49.2 Å². The molecule has 16 heteroatoms. The zero-order chi connectivity index (χ0) is 41.7. The molecule has 14 nitrogen and oxygen atoms in total. The molecule has 0 aliphatic carbocycles. The van der Waals surface area contributed by atoms with Crippen molar-refractivity contribution in [2.75, 3.05) is 62.6 Å². The molecular weight excluding hydrogens is 771 g/mol. The van der Waals surface area contributed by atoms with Crippen LogP contribution in [0.25, 0.3) is 22.3 Å². The van der Waals surface area contributed by atoms with E-state index in [1.54, 1.807) is 23.0 Å². The number of aryl methyl sites for hydroxylation is 2. The number of benzene rings is 2. The van der Waals surface area contributed by atoms with E-state index in [0.29, 0.717) is 66.6 Å². The van der Waals surface area contributed by atoms with Gasteiger partial charge in [-0.25, -0.2) is 18.4 Å². The molecule has 3 aromatic heterocycles. The average Bonchev–Trinajstić information content (AvgIpc) is 3.73. The molecule has 314 valence electrons. The van der Waals surface area contributed by atoms with Gasteiger partial charge in [0.15, 0.2) is 0 Å². The summed E-state index contributed by atoms with van der Waals surface area (Å²) < 4.78 is 40.4. The standard InChI is InChI=1S/C44H50F2N10O4/c1-26-5-4-14-60-43-33(20-47-52(43)3)37-17-30(15-27(2)48-37)41(58)51-44-49-36-8-6-28(16-38(36)56(44)21-26)22-53-10-12-54(13-11-53)23-29-24-55(25-29)31-18-34(45)40(35(46)19-31)32-7-9-39(57)50-42(32)59/h6,8,15-20,26,29,32H,4-5,7,9-14,21-25H2,1-3H3,(H,49,51,58)(H,50,57,59)/t26-,32-/m1/s1. The number of pyridine rings is 1. The van der Waals surface area contributed by atoms with Gasteiger partial charge >= 0.3 is 0 Å². The number of nitrogens with one attached hydrogen (secondary N) is 2. The van der Waals surface area contributed by atoms with E-state index in [4.69, 9.17) is 14.7 Å². The molecule has 5 aromatic rings. The number of aromatic nitrogens is 5. The maximum Gasteiger partial charge on any atom is 0.258 e. The number of nitrogens with zero attached hydrogens (tertiary/aromatic N) is 8. The van der Waals surface area contributed by atoms with Crippen LogP contribution in [-0.4, -0.2) is 104 Å². The first-order valence-corrected chi connectivity index (χ1v) is 20.9. The van der Waals surface area contributed by atoms with E-state index in [-0.39, 0.29) is 30.2 Å². The van der Waals surface area contributed by atoms with Crippen LogP contribution in [0.15, 0.2) is 48.7 Å². The van der Waals surface area contributed by atoms with Crippen LogP contribution in [0.5, 0.6) is 5.88 Å². The number of piperidine rings is 1. The average molecular weight is 821 g/mol. The highest BCUT2D eigenvalue weighted by Crippen LogP contribution is 2.35. The molecule has 0 saturated carbocycles. The number of imidazole rings is 1. The van der Waals surface area contributed by atoms with Gasteiger partial charge in [0.05, 0.1) is 41.0 Å². The van der Waals surface area contributed by atoms with Crippen LogP contribution in [0.4, 0.5) is 20.4 Å². The molecule has 4 aliphatic heterocycles. The molecule has 2 bridgehead atoms. The number of hydrogen-bond acceptors (Lipinski definition) is 10. The zero-order valence-corrected chi connectivity index (χ0v) is 34.2. The van der Waals surface area contributed by atoms with Crippen molar-refractivity contribution < 1.29 is 27.9 Å². The van der Waals surface area contributed by atoms with Crippen LogP contribution in [0.3, 0.4) is 0 Å². The molecule has 9 rings (SSSR count). The van der Waals surface area contributed by atoms with Crippen LogP contribution in [0.1, 0.15) is 65.7 Å². The molecule has 7 heterocycles. The van der Waals surface area contributed by atoms with Gasteiger partial charge in [-0.15, -0.1) is 0 Å². The molecule has 0 radical (unpaired) electrons. The lowest BCUT2D eigenvalue weighted by Gasteiger charge is -2.45. The SMILES string of the molecule is Cc1cc2cc(n1)-c1cnn(C)c1OCCC[C@@H](C)Cn1c(nc3ccc(CN4CCN(CC5CN(c6cc(F)c([C@H]7CCC(=O)NC7=O)c(F)c6)C5)CC4)cc31)NC2=O. The van der Waals surface area contributed by atoms with E-state index in [1.807, 2.05) is 24.9 Å². The summed E-state index contributed by atoms with van der Waals surface area (Å²) in [4.78, 5) is 54.2. The molecule has 3 saturated heterocycles. The van der Waals surface area contributed by atoms with Gasteiger partial charge in [0.2, 0.25) is 23.6 Å². The van der Waals surface area contributed by atoms with Crippen LogP contribution in [0.2, 0.25) is 0 Å². The summed E-state index contributed by atoms with van der Waals surface area (Å²) in [6.45, 7) is 12.1. The Morgan fingerprint density at radius 2 is 1.67 bits per heavy atom. The third-order valence-electron chi connectivity index (χ3n) is 12.3. The van der Waals surface area contributed by atoms with Gasteiger partial charge in [0.1, 0.15) is 11.6 Å².